The Morgan fingerprint density at radius 3 is 2.71 bits per heavy atom. The zero-order chi connectivity index (χ0) is 15.4. The summed E-state index contributed by atoms with van der Waals surface area (Å²) < 4.78 is 9.83. The summed E-state index contributed by atoms with van der Waals surface area (Å²) in [5.41, 5.74) is 0.130. The second-order valence-electron chi connectivity index (χ2n) is 4.92. The molecule has 1 saturated heterocycles. The molecule has 0 radical (unpaired) electrons. The predicted molar refractivity (Wildman–Crippen MR) is 75.4 cm³/mol. The van der Waals surface area contributed by atoms with Gasteiger partial charge in [0.1, 0.15) is 17.5 Å². The van der Waals surface area contributed by atoms with E-state index in [1.54, 1.807) is 6.07 Å². The number of nitrogens with zero attached hydrogens (tertiary/aromatic N) is 1. The Morgan fingerprint density at radius 1 is 1.29 bits per heavy atom. The lowest BCUT2D eigenvalue weighted by atomic mass is 10.0. The number of rotatable bonds is 3. The molecule has 0 saturated carbocycles. The largest absolute Gasteiger partial charge is 0.507 e. The molecule has 1 amide bonds. The highest BCUT2D eigenvalue weighted by Crippen LogP contribution is 2.27. The van der Waals surface area contributed by atoms with E-state index in [4.69, 9.17) is 9.47 Å². The van der Waals surface area contributed by atoms with Crippen LogP contribution in [0.5, 0.6) is 11.5 Å². The highest BCUT2D eigenvalue weighted by atomic mass is 16.5. The van der Waals surface area contributed by atoms with Crippen molar-refractivity contribution in [3.63, 3.8) is 0 Å². The molecule has 1 aromatic carbocycles. The normalized spacial score (nSPS) is 18.2. The van der Waals surface area contributed by atoms with E-state index in [2.05, 4.69) is 0 Å². The van der Waals surface area contributed by atoms with Crippen LogP contribution in [0.1, 0.15) is 29.6 Å². The molecule has 1 aliphatic rings. The number of esters is 1. The second-order valence-corrected chi connectivity index (χ2v) is 4.92. The van der Waals surface area contributed by atoms with E-state index in [1.165, 1.54) is 31.3 Å². The Bertz CT molecular complexity index is 543. The molecule has 0 spiro atoms. The van der Waals surface area contributed by atoms with Crippen molar-refractivity contribution in [3.8, 4) is 11.5 Å². The van der Waals surface area contributed by atoms with Crippen LogP contribution >= 0.6 is 0 Å². The molecule has 21 heavy (non-hydrogen) atoms. The van der Waals surface area contributed by atoms with Gasteiger partial charge in [-0.25, -0.2) is 4.79 Å². The third-order valence-electron chi connectivity index (χ3n) is 3.67. The molecule has 114 valence electrons. The minimum absolute atomic E-state index is 0.130. The predicted octanol–water partition coefficient (Wildman–Crippen LogP) is 1.57. The second kappa shape index (κ2) is 6.47. The number of piperidine rings is 1. The molecule has 1 heterocycles. The summed E-state index contributed by atoms with van der Waals surface area (Å²) >= 11 is 0. The molecule has 0 aromatic heterocycles. The van der Waals surface area contributed by atoms with Crippen LogP contribution in [0.3, 0.4) is 0 Å². The van der Waals surface area contributed by atoms with Crippen LogP contribution in [-0.4, -0.2) is 48.7 Å². The minimum Gasteiger partial charge on any atom is -0.507 e. The van der Waals surface area contributed by atoms with Crippen molar-refractivity contribution in [2.45, 2.75) is 25.3 Å². The maximum atomic E-state index is 12.6. The molecule has 6 nitrogen and oxygen atoms in total. The average molecular weight is 293 g/mol. The van der Waals surface area contributed by atoms with Gasteiger partial charge in [0, 0.05) is 6.54 Å². The smallest absolute Gasteiger partial charge is 0.328 e. The average Bonchev–Trinajstić information content (AvgIpc) is 2.54. The Morgan fingerprint density at radius 2 is 2.05 bits per heavy atom. The number of carbonyl (C=O) groups excluding carboxylic acids is 2. The van der Waals surface area contributed by atoms with Crippen molar-refractivity contribution in [2.24, 2.45) is 0 Å². The summed E-state index contributed by atoms with van der Waals surface area (Å²) in [5.74, 6) is -0.468. The van der Waals surface area contributed by atoms with Gasteiger partial charge >= 0.3 is 5.97 Å². The molecule has 0 aliphatic carbocycles. The van der Waals surface area contributed by atoms with Crippen LogP contribution in [0.4, 0.5) is 0 Å². The molecule has 1 aliphatic heterocycles. The van der Waals surface area contributed by atoms with E-state index < -0.39 is 12.0 Å². The molecule has 1 atom stereocenters. The van der Waals surface area contributed by atoms with Gasteiger partial charge in [0.15, 0.2) is 0 Å². The number of hydrogen-bond acceptors (Lipinski definition) is 5. The summed E-state index contributed by atoms with van der Waals surface area (Å²) in [6.07, 6.45) is 2.26. The highest BCUT2D eigenvalue weighted by molar-refractivity contribution is 5.99. The van der Waals surface area contributed by atoms with Gasteiger partial charge in [0.2, 0.25) is 0 Å². The summed E-state index contributed by atoms with van der Waals surface area (Å²) in [6, 6.07) is 3.85. The van der Waals surface area contributed by atoms with Crippen LogP contribution in [-0.2, 0) is 9.53 Å². The maximum absolute atomic E-state index is 12.6. The monoisotopic (exact) mass is 293 g/mol. The van der Waals surface area contributed by atoms with Crippen LogP contribution in [0.15, 0.2) is 18.2 Å². The lowest BCUT2D eigenvalue weighted by Crippen LogP contribution is -2.48. The van der Waals surface area contributed by atoms with Crippen molar-refractivity contribution in [1.82, 2.24) is 4.90 Å². The van der Waals surface area contributed by atoms with E-state index in [0.717, 1.165) is 12.8 Å². The molecule has 0 unspecified atom stereocenters. The van der Waals surface area contributed by atoms with Crippen molar-refractivity contribution < 1.29 is 24.2 Å². The zero-order valence-electron chi connectivity index (χ0n) is 12.2. The first-order valence-corrected chi connectivity index (χ1v) is 6.84. The number of benzene rings is 1. The summed E-state index contributed by atoms with van der Waals surface area (Å²) in [6.45, 7) is 0.468. The standard InChI is InChI=1S/C15H19NO5/c1-20-10-6-7-13(17)11(9-10)14(18)16-8-4-3-5-12(16)15(19)21-2/h6-7,9,12,17H,3-5,8H2,1-2H3/t12-/m1/s1. The fourth-order valence-electron chi connectivity index (χ4n) is 2.52. The SMILES string of the molecule is COC(=O)[C@H]1CCCCN1C(=O)c1cc(OC)ccc1O. The van der Waals surface area contributed by atoms with Crippen LogP contribution < -0.4 is 4.74 Å². The number of likely N-dealkylation sites (tertiary alicyclic amines) is 1. The first-order valence-electron chi connectivity index (χ1n) is 6.84. The van der Waals surface area contributed by atoms with Crippen LogP contribution in [0.25, 0.3) is 0 Å². The topological polar surface area (TPSA) is 76.1 Å². The summed E-state index contributed by atoms with van der Waals surface area (Å²) in [7, 11) is 2.79. The highest BCUT2D eigenvalue weighted by Gasteiger charge is 2.34. The molecular formula is C15H19NO5. The van der Waals surface area contributed by atoms with Crippen molar-refractivity contribution >= 4 is 11.9 Å². The van der Waals surface area contributed by atoms with Gasteiger partial charge in [-0.1, -0.05) is 0 Å². The maximum Gasteiger partial charge on any atom is 0.328 e. The molecule has 6 heteroatoms. The van der Waals surface area contributed by atoms with Crippen molar-refractivity contribution in [3.05, 3.63) is 23.8 Å². The van der Waals surface area contributed by atoms with E-state index in [1.807, 2.05) is 0 Å². The van der Waals surface area contributed by atoms with Gasteiger partial charge in [0.25, 0.3) is 5.91 Å². The third-order valence-corrected chi connectivity index (χ3v) is 3.67. The van der Waals surface area contributed by atoms with Crippen molar-refractivity contribution in [1.29, 1.82) is 0 Å². The molecule has 1 N–H and O–H groups in total. The molecule has 1 fully saturated rings. The van der Waals surface area contributed by atoms with Gasteiger partial charge < -0.3 is 19.5 Å². The fraction of sp³-hybridized carbons (Fsp3) is 0.467. The summed E-state index contributed by atoms with van der Waals surface area (Å²) in [4.78, 5) is 25.9. The zero-order valence-corrected chi connectivity index (χ0v) is 12.2. The molecule has 1 aromatic rings. The fourth-order valence-corrected chi connectivity index (χ4v) is 2.52. The van der Waals surface area contributed by atoms with Gasteiger partial charge in [-0.3, -0.25) is 4.79 Å². The molecule has 0 bridgehead atoms. The van der Waals surface area contributed by atoms with E-state index in [9.17, 15) is 14.7 Å². The van der Waals surface area contributed by atoms with E-state index in [0.29, 0.717) is 18.7 Å². The van der Waals surface area contributed by atoms with Crippen LogP contribution in [0.2, 0.25) is 0 Å². The Labute approximate surface area is 123 Å². The number of phenols is 1. The Hall–Kier alpha value is -2.24. The lowest BCUT2D eigenvalue weighted by Gasteiger charge is -2.33. The van der Waals surface area contributed by atoms with E-state index in [-0.39, 0.29) is 17.2 Å². The number of aromatic hydroxyl groups is 1. The van der Waals surface area contributed by atoms with Crippen LogP contribution in [0, 0.1) is 0 Å². The number of hydrogen-bond donors (Lipinski definition) is 1. The van der Waals surface area contributed by atoms with Crippen molar-refractivity contribution in [2.75, 3.05) is 20.8 Å². The number of ether oxygens (including phenoxy) is 2. The van der Waals surface area contributed by atoms with Gasteiger partial charge in [-0.15, -0.1) is 0 Å². The van der Waals surface area contributed by atoms with Gasteiger partial charge in [-0.2, -0.15) is 0 Å². The number of phenolic OH excluding ortho intramolecular Hbond substituents is 1. The molecule has 2 rings (SSSR count). The quantitative estimate of drug-likeness (QED) is 0.856. The molecular weight excluding hydrogens is 274 g/mol. The Kier molecular flexibility index (Phi) is 4.67. The van der Waals surface area contributed by atoms with Gasteiger partial charge in [-0.05, 0) is 37.5 Å². The first-order chi connectivity index (χ1) is 10.1. The number of methoxy groups -OCH3 is 2. The number of amides is 1. The number of carbonyl (C=O) groups is 2. The minimum atomic E-state index is -0.596. The van der Waals surface area contributed by atoms with E-state index >= 15 is 0 Å². The summed E-state index contributed by atoms with van der Waals surface area (Å²) in [5, 5.41) is 9.89. The first kappa shape index (κ1) is 15.2. The van der Waals surface area contributed by atoms with Gasteiger partial charge in [0.05, 0.1) is 19.8 Å². The Balaban J connectivity index is 2.30. The third kappa shape index (κ3) is 3.09. The lowest BCUT2D eigenvalue weighted by molar-refractivity contribution is -0.147.